The van der Waals surface area contributed by atoms with E-state index in [1.807, 2.05) is 73.1 Å². The number of carbonyl (C=O) groups excluding carboxylic acids is 1. The van der Waals surface area contributed by atoms with E-state index >= 15 is 0 Å². The largest absolute Gasteiger partial charge is 0.416 e. The monoisotopic (exact) mass is 493 g/mol. The summed E-state index contributed by atoms with van der Waals surface area (Å²) in [6.07, 6.45) is -0.534. The summed E-state index contributed by atoms with van der Waals surface area (Å²) in [4.78, 5) is 16.4. The molecule has 1 aliphatic heterocycles. The van der Waals surface area contributed by atoms with Crippen LogP contribution in [-0.2, 0) is 12.7 Å². The van der Waals surface area contributed by atoms with Crippen LogP contribution in [0.4, 0.5) is 23.7 Å². The van der Waals surface area contributed by atoms with Crippen LogP contribution in [-0.4, -0.2) is 21.8 Å². The minimum atomic E-state index is -4.50. The molecule has 8 heteroatoms. The third-order valence-electron chi connectivity index (χ3n) is 6.10. The fourth-order valence-electron chi connectivity index (χ4n) is 4.44. The number of nitrogens with zero attached hydrogens (tertiary/aromatic N) is 2. The Morgan fingerprint density at radius 3 is 2.49 bits per heavy atom. The number of carbonyl (C=O) groups is 1. The van der Waals surface area contributed by atoms with E-state index < -0.39 is 23.8 Å². The van der Waals surface area contributed by atoms with Gasteiger partial charge in [-0.3, -0.25) is 0 Å². The Balaban J connectivity index is 1.58. The molecule has 5 rings (SSSR count). The molecule has 3 aromatic carbocycles. The number of nitrogens with one attached hydrogen (secondary N) is 1. The number of hydrogen-bond acceptors (Lipinski definition) is 2. The SMILES string of the molecule is CSc1ccc([C@@H]2c3cccn3-c3ccccc3CN2C(=O)Nc2cccc(C(F)(F)F)c2)cc1. The number of para-hydroxylation sites is 1. The molecule has 0 saturated heterocycles. The summed E-state index contributed by atoms with van der Waals surface area (Å²) in [5.74, 6) is 0. The zero-order valence-electron chi connectivity index (χ0n) is 18.8. The lowest BCUT2D eigenvalue weighted by Gasteiger charge is -2.31. The third-order valence-corrected chi connectivity index (χ3v) is 6.84. The normalized spacial score (nSPS) is 15.2. The maximum absolute atomic E-state index is 13.6. The molecular formula is C27H22F3N3OS. The molecule has 0 unspecified atom stereocenters. The molecule has 1 aliphatic rings. The van der Waals surface area contributed by atoms with Crippen LogP contribution < -0.4 is 5.32 Å². The minimum Gasteiger partial charge on any atom is -0.318 e. The van der Waals surface area contributed by atoms with Crippen molar-refractivity contribution in [2.24, 2.45) is 0 Å². The maximum Gasteiger partial charge on any atom is 0.416 e. The van der Waals surface area contributed by atoms with Gasteiger partial charge in [0.05, 0.1) is 23.8 Å². The molecule has 4 nitrogen and oxygen atoms in total. The number of rotatable bonds is 3. The van der Waals surface area contributed by atoms with Crippen LogP contribution in [0.1, 0.15) is 28.4 Å². The molecule has 1 aromatic heterocycles. The van der Waals surface area contributed by atoms with Crippen LogP contribution in [0.3, 0.4) is 0 Å². The first-order valence-corrected chi connectivity index (χ1v) is 12.2. The second-order valence-corrected chi connectivity index (χ2v) is 9.12. The minimum absolute atomic E-state index is 0.0919. The lowest BCUT2D eigenvalue weighted by molar-refractivity contribution is -0.137. The van der Waals surface area contributed by atoms with Gasteiger partial charge in [0.1, 0.15) is 0 Å². The van der Waals surface area contributed by atoms with E-state index in [-0.39, 0.29) is 12.2 Å². The molecule has 2 heterocycles. The summed E-state index contributed by atoms with van der Waals surface area (Å²) in [6.45, 7) is 0.289. The second-order valence-electron chi connectivity index (χ2n) is 8.24. The van der Waals surface area contributed by atoms with Crippen LogP contribution in [0.5, 0.6) is 0 Å². The van der Waals surface area contributed by atoms with Gasteiger partial charge in [-0.1, -0.05) is 36.4 Å². The van der Waals surface area contributed by atoms with Crippen molar-refractivity contribution in [3.63, 3.8) is 0 Å². The van der Waals surface area contributed by atoms with Gasteiger partial charge < -0.3 is 14.8 Å². The summed E-state index contributed by atoms with van der Waals surface area (Å²) < 4.78 is 41.7. The number of aromatic nitrogens is 1. The van der Waals surface area contributed by atoms with Crippen LogP contribution in [0.15, 0.2) is 96.0 Å². The summed E-state index contributed by atoms with van der Waals surface area (Å²) >= 11 is 1.63. The topological polar surface area (TPSA) is 37.3 Å². The standard InChI is InChI=1S/C27H22F3N3OS/c1-35-22-13-11-18(12-14-22)25-24-10-5-15-32(24)23-9-3-2-6-19(23)17-33(25)26(34)31-21-8-4-7-20(16-21)27(28,29)30/h2-16,25H,17H2,1H3,(H,31,34)/t25-/m1/s1. The molecule has 0 bridgehead atoms. The van der Waals surface area contributed by atoms with Gasteiger partial charge in [0.25, 0.3) is 0 Å². The average Bonchev–Trinajstić information content (AvgIpc) is 3.28. The molecular weight excluding hydrogens is 471 g/mol. The van der Waals surface area contributed by atoms with E-state index in [2.05, 4.69) is 9.88 Å². The van der Waals surface area contributed by atoms with Crippen molar-refractivity contribution in [3.8, 4) is 5.69 Å². The number of benzene rings is 3. The zero-order chi connectivity index (χ0) is 24.6. The van der Waals surface area contributed by atoms with Gasteiger partial charge in [0, 0.05) is 22.5 Å². The average molecular weight is 494 g/mol. The van der Waals surface area contributed by atoms with Gasteiger partial charge in [-0.2, -0.15) is 13.2 Å². The number of urea groups is 1. The molecule has 35 heavy (non-hydrogen) atoms. The van der Waals surface area contributed by atoms with Crippen molar-refractivity contribution in [2.75, 3.05) is 11.6 Å². The smallest absolute Gasteiger partial charge is 0.318 e. The fourth-order valence-corrected chi connectivity index (χ4v) is 4.85. The van der Waals surface area contributed by atoms with Crippen LogP contribution >= 0.6 is 11.8 Å². The number of amides is 2. The number of thioether (sulfide) groups is 1. The first-order chi connectivity index (χ1) is 16.8. The Morgan fingerprint density at radius 2 is 1.74 bits per heavy atom. The molecule has 0 aliphatic carbocycles. The Morgan fingerprint density at radius 1 is 0.971 bits per heavy atom. The number of alkyl halides is 3. The first kappa shape index (κ1) is 23.1. The highest BCUT2D eigenvalue weighted by molar-refractivity contribution is 7.98. The lowest BCUT2D eigenvalue weighted by atomic mass is 10.0. The van der Waals surface area contributed by atoms with Crippen molar-refractivity contribution < 1.29 is 18.0 Å². The van der Waals surface area contributed by atoms with E-state index in [1.54, 1.807) is 16.7 Å². The third kappa shape index (κ3) is 4.53. The Bertz CT molecular complexity index is 1360. The van der Waals surface area contributed by atoms with Crippen LogP contribution in [0, 0.1) is 0 Å². The number of hydrogen-bond donors (Lipinski definition) is 1. The molecule has 0 spiro atoms. The van der Waals surface area contributed by atoms with Gasteiger partial charge in [-0.25, -0.2) is 4.79 Å². The van der Waals surface area contributed by atoms with Crippen molar-refractivity contribution in [2.45, 2.75) is 23.7 Å². The predicted molar refractivity (Wildman–Crippen MR) is 132 cm³/mol. The number of halogens is 3. The summed E-state index contributed by atoms with van der Waals surface area (Å²) in [5, 5.41) is 2.70. The second kappa shape index (κ2) is 9.19. The molecule has 178 valence electrons. The van der Waals surface area contributed by atoms with Crippen LogP contribution in [0.25, 0.3) is 5.69 Å². The number of fused-ring (bicyclic) bond motifs is 3. The molecule has 2 amide bonds. The van der Waals surface area contributed by atoms with Crippen molar-refractivity contribution in [1.82, 2.24) is 9.47 Å². The van der Waals surface area contributed by atoms with Gasteiger partial charge in [-0.05, 0) is 65.9 Å². The molecule has 4 aromatic rings. The highest BCUT2D eigenvalue weighted by atomic mass is 32.2. The van der Waals surface area contributed by atoms with E-state index in [9.17, 15) is 18.0 Å². The molecule has 1 atom stereocenters. The lowest BCUT2D eigenvalue weighted by Crippen LogP contribution is -2.38. The molecule has 0 radical (unpaired) electrons. The first-order valence-electron chi connectivity index (χ1n) is 11.0. The van der Waals surface area contributed by atoms with Crippen molar-refractivity contribution >= 4 is 23.5 Å². The van der Waals surface area contributed by atoms with E-state index in [1.165, 1.54) is 12.1 Å². The van der Waals surface area contributed by atoms with Crippen molar-refractivity contribution in [3.05, 3.63) is 114 Å². The van der Waals surface area contributed by atoms with E-state index in [0.717, 1.165) is 39.5 Å². The Labute approximate surface area is 205 Å². The van der Waals surface area contributed by atoms with Gasteiger partial charge >= 0.3 is 12.2 Å². The maximum atomic E-state index is 13.6. The van der Waals surface area contributed by atoms with E-state index in [0.29, 0.717) is 0 Å². The van der Waals surface area contributed by atoms with Gasteiger partial charge in [-0.15, -0.1) is 11.8 Å². The zero-order valence-corrected chi connectivity index (χ0v) is 19.6. The summed E-state index contributed by atoms with van der Waals surface area (Å²) in [6, 6.07) is 23.5. The van der Waals surface area contributed by atoms with Gasteiger partial charge in [0.15, 0.2) is 0 Å². The highest BCUT2D eigenvalue weighted by Gasteiger charge is 2.34. The molecule has 0 saturated carbocycles. The van der Waals surface area contributed by atoms with Gasteiger partial charge in [0.2, 0.25) is 0 Å². The Hall–Kier alpha value is -3.65. The molecule has 1 N–H and O–H groups in total. The molecule has 0 fully saturated rings. The quantitative estimate of drug-likeness (QED) is 0.303. The Kier molecular flexibility index (Phi) is 6.06. The summed E-state index contributed by atoms with van der Waals surface area (Å²) in [5.41, 5.74) is 2.99. The number of anilines is 1. The fraction of sp³-hybridized carbons (Fsp3) is 0.148. The van der Waals surface area contributed by atoms with Crippen LogP contribution in [0.2, 0.25) is 0 Å². The predicted octanol–water partition coefficient (Wildman–Crippen LogP) is 7.36. The van der Waals surface area contributed by atoms with Crippen molar-refractivity contribution in [1.29, 1.82) is 0 Å². The van der Waals surface area contributed by atoms with E-state index in [4.69, 9.17) is 0 Å². The highest BCUT2D eigenvalue weighted by Crippen LogP contribution is 2.38. The summed E-state index contributed by atoms with van der Waals surface area (Å²) in [7, 11) is 0.